The van der Waals surface area contributed by atoms with Gasteiger partial charge in [0, 0.05) is 34.6 Å². The first-order valence-corrected chi connectivity index (χ1v) is 10.8. The molecule has 1 aliphatic rings. The van der Waals surface area contributed by atoms with E-state index in [0.717, 1.165) is 45.9 Å². The first-order chi connectivity index (χ1) is 15.4. The highest BCUT2D eigenvalue weighted by Crippen LogP contribution is 2.38. The Kier molecular flexibility index (Phi) is 7.70. The minimum Gasteiger partial charge on any atom is -0.377 e. The fourth-order valence-electron chi connectivity index (χ4n) is 4.01. The summed E-state index contributed by atoms with van der Waals surface area (Å²) in [6.45, 7) is 5.98. The Morgan fingerprint density at radius 3 is 1.39 bits per heavy atom. The van der Waals surface area contributed by atoms with E-state index in [-0.39, 0.29) is 0 Å². The summed E-state index contributed by atoms with van der Waals surface area (Å²) < 4.78 is 22.7. The van der Waals surface area contributed by atoms with E-state index < -0.39 is 0 Å². The molecule has 3 aromatic rings. The lowest BCUT2D eigenvalue weighted by atomic mass is 9.94. The van der Waals surface area contributed by atoms with Gasteiger partial charge in [-0.25, -0.2) is 0 Å². The maximum Gasteiger partial charge on any atom is 0.100 e. The number of anilines is 1. The van der Waals surface area contributed by atoms with E-state index in [0.29, 0.717) is 52.9 Å². The maximum absolute atomic E-state index is 9.89. The maximum atomic E-state index is 9.89. The van der Waals surface area contributed by atoms with Crippen LogP contribution < -0.4 is 4.90 Å². The van der Waals surface area contributed by atoms with Crippen LogP contribution in [-0.2, 0) is 18.9 Å². The van der Waals surface area contributed by atoms with Crippen LogP contribution in [0.5, 0.6) is 0 Å². The third kappa shape index (κ3) is 5.15. The number of hydrogen-bond acceptors (Lipinski definition) is 6. The highest BCUT2D eigenvalue weighted by atomic mass is 16.6. The predicted molar refractivity (Wildman–Crippen MR) is 122 cm³/mol. The van der Waals surface area contributed by atoms with Crippen molar-refractivity contribution in [1.82, 2.24) is 0 Å². The van der Waals surface area contributed by atoms with Crippen molar-refractivity contribution in [3.05, 3.63) is 54.1 Å². The first-order valence-electron chi connectivity index (χ1n) is 10.8. The molecule has 6 heteroatoms. The summed E-state index contributed by atoms with van der Waals surface area (Å²) in [4.78, 5) is 2.31. The van der Waals surface area contributed by atoms with Gasteiger partial charge in [0.25, 0.3) is 0 Å². The van der Waals surface area contributed by atoms with Gasteiger partial charge in [-0.1, -0.05) is 48.5 Å². The molecular formula is C25H28N2O4. The van der Waals surface area contributed by atoms with Crippen LogP contribution in [0.2, 0.25) is 0 Å². The zero-order valence-corrected chi connectivity index (χ0v) is 17.7. The van der Waals surface area contributed by atoms with Gasteiger partial charge < -0.3 is 23.8 Å². The third-order valence-electron chi connectivity index (χ3n) is 5.46. The number of ether oxygens (including phenoxy) is 4. The van der Waals surface area contributed by atoms with Crippen molar-refractivity contribution in [2.24, 2.45) is 0 Å². The van der Waals surface area contributed by atoms with Crippen LogP contribution in [0.4, 0.5) is 5.69 Å². The van der Waals surface area contributed by atoms with Crippen molar-refractivity contribution in [3.63, 3.8) is 0 Å². The molecule has 0 aromatic heterocycles. The number of hydrogen-bond donors (Lipinski definition) is 0. The van der Waals surface area contributed by atoms with E-state index in [4.69, 9.17) is 18.9 Å². The molecule has 0 spiro atoms. The van der Waals surface area contributed by atoms with Gasteiger partial charge in [-0.15, -0.1) is 0 Å². The van der Waals surface area contributed by atoms with Gasteiger partial charge in [-0.3, -0.25) is 0 Å². The molecule has 0 atom stereocenters. The van der Waals surface area contributed by atoms with E-state index >= 15 is 0 Å². The number of fused-ring (bicyclic) bond motifs is 2. The van der Waals surface area contributed by atoms with E-state index in [1.54, 1.807) is 0 Å². The van der Waals surface area contributed by atoms with E-state index in [2.05, 4.69) is 23.1 Å². The molecule has 1 fully saturated rings. The topological polar surface area (TPSA) is 64.0 Å². The number of benzene rings is 3. The normalized spacial score (nSPS) is 17.7. The second kappa shape index (κ2) is 11.1. The van der Waals surface area contributed by atoms with Crippen LogP contribution in [0.15, 0.2) is 48.5 Å². The van der Waals surface area contributed by atoms with Crippen LogP contribution in [0.3, 0.4) is 0 Å². The molecule has 0 radical (unpaired) electrons. The van der Waals surface area contributed by atoms with Gasteiger partial charge in [0.2, 0.25) is 0 Å². The Morgan fingerprint density at radius 2 is 0.968 bits per heavy atom. The summed E-state index contributed by atoms with van der Waals surface area (Å²) >= 11 is 0. The van der Waals surface area contributed by atoms with Crippen LogP contribution in [0.1, 0.15) is 5.56 Å². The molecule has 1 aliphatic heterocycles. The molecule has 0 aliphatic carbocycles. The summed E-state index contributed by atoms with van der Waals surface area (Å²) in [6.07, 6.45) is 0. The van der Waals surface area contributed by atoms with Crippen molar-refractivity contribution in [1.29, 1.82) is 5.26 Å². The molecule has 0 N–H and O–H groups in total. The highest BCUT2D eigenvalue weighted by molar-refractivity contribution is 6.15. The van der Waals surface area contributed by atoms with Crippen LogP contribution in [0.25, 0.3) is 21.5 Å². The molecule has 0 amide bonds. The zero-order valence-electron chi connectivity index (χ0n) is 17.7. The summed E-state index contributed by atoms with van der Waals surface area (Å²) in [7, 11) is 0. The van der Waals surface area contributed by atoms with Gasteiger partial charge in [0.15, 0.2) is 0 Å². The van der Waals surface area contributed by atoms with Gasteiger partial charge in [0.1, 0.15) is 6.07 Å². The monoisotopic (exact) mass is 420 g/mol. The molecular weight excluding hydrogens is 392 g/mol. The molecule has 0 saturated carbocycles. The van der Waals surface area contributed by atoms with E-state index in [1.165, 1.54) is 0 Å². The SMILES string of the molecule is N#Cc1c2ccccc2c(N2CCOCCOCCOCCOCC2)c2ccccc12. The first kappa shape index (κ1) is 21.5. The van der Waals surface area contributed by atoms with Gasteiger partial charge in [-0.2, -0.15) is 5.26 Å². The van der Waals surface area contributed by atoms with Crippen LogP contribution in [0, 0.1) is 11.3 Å². The number of rotatable bonds is 1. The van der Waals surface area contributed by atoms with Crippen LogP contribution in [-0.4, -0.2) is 65.9 Å². The second-order valence-corrected chi connectivity index (χ2v) is 7.36. The average molecular weight is 421 g/mol. The average Bonchev–Trinajstić information content (AvgIpc) is 2.82. The van der Waals surface area contributed by atoms with E-state index in [9.17, 15) is 5.26 Å². The van der Waals surface area contributed by atoms with E-state index in [1.807, 2.05) is 36.4 Å². The lowest BCUT2D eigenvalue weighted by Crippen LogP contribution is -2.32. The fraction of sp³-hybridized carbons (Fsp3) is 0.400. The Morgan fingerprint density at radius 1 is 0.581 bits per heavy atom. The quantitative estimate of drug-likeness (QED) is 0.559. The number of nitrogens with zero attached hydrogens (tertiary/aromatic N) is 2. The molecule has 1 saturated heterocycles. The molecule has 0 bridgehead atoms. The standard InChI is InChI=1S/C25H28N2O4/c26-19-24-20-5-1-3-7-22(20)25(23-8-4-2-6-21(23)24)27-9-11-28-13-15-30-17-18-31-16-14-29-12-10-27/h1-8H,9-18H2. The summed E-state index contributed by atoms with van der Waals surface area (Å²) in [5.41, 5.74) is 1.84. The Balaban J connectivity index is 1.71. The largest absolute Gasteiger partial charge is 0.377 e. The molecule has 4 rings (SSSR count). The third-order valence-corrected chi connectivity index (χ3v) is 5.46. The molecule has 0 unspecified atom stereocenters. The lowest BCUT2D eigenvalue weighted by Gasteiger charge is -2.28. The van der Waals surface area contributed by atoms with Gasteiger partial charge in [-0.05, 0) is 0 Å². The molecule has 6 nitrogen and oxygen atoms in total. The molecule has 31 heavy (non-hydrogen) atoms. The Hall–Kier alpha value is -2.69. The zero-order chi connectivity index (χ0) is 21.3. The summed E-state index contributed by atoms with van der Waals surface area (Å²) in [6, 6.07) is 18.7. The van der Waals surface area contributed by atoms with Crippen molar-refractivity contribution in [2.45, 2.75) is 0 Å². The fourth-order valence-corrected chi connectivity index (χ4v) is 4.01. The van der Waals surface area contributed by atoms with Crippen LogP contribution >= 0.6 is 0 Å². The van der Waals surface area contributed by atoms with Crippen molar-refractivity contribution < 1.29 is 18.9 Å². The Bertz CT molecular complexity index is 974. The summed E-state index contributed by atoms with van der Waals surface area (Å²) in [5.74, 6) is 0. The van der Waals surface area contributed by atoms with Gasteiger partial charge in [0.05, 0.1) is 64.1 Å². The second-order valence-electron chi connectivity index (χ2n) is 7.36. The predicted octanol–water partition coefficient (Wildman–Crippen LogP) is 3.75. The Labute approximate surface area is 182 Å². The lowest BCUT2D eigenvalue weighted by molar-refractivity contribution is 0.00206. The van der Waals surface area contributed by atoms with Gasteiger partial charge >= 0.3 is 0 Å². The molecule has 162 valence electrons. The van der Waals surface area contributed by atoms with Crippen molar-refractivity contribution >= 4 is 27.2 Å². The number of nitriles is 1. The summed E-state index contributed by atoms with van der Waals surface area (Å²) in [5, 5.41) is 14.0. The minimum absolute atomic E-state index is 0.555. The van der Waals surface area contributed by atoms with Crippen molar-refractivity contribution in [3.8, 4) is 6.07 Å². The van der Waals surface area contributed by atoms with Crippen molar-refractivity contribution in [2.75, 3.05) is 70.8 Å². The smallest absolute Gasteiger partial charge is 0.100 e. The molecule has 1 heterocycles. The highest BCUT2D eigenvalue weighted by Gasteiger charge is 2.18. The minimum atomic E-state index is 0.555. The molecule has 3 aromatic carbocycles.